The summed E-state index contributed by atoms with van der Waals surface area (Å²) in [5.41, 5.74) is 1.98. The van der Waals surface area contributed by atoms with Gasteiger partial charge in [0.1, 0.15) is 11.5 Å². The molecule has 2 aromatic carbocycles. The van der Waals surface area contributed by atoms with Crippen LogP contribution in [-0.4, -0.2) is 11.1 Å². The Kier molecular flexibility index (Phi) is 4.56. The number of para-hydroxylation sites is 1. The van der Waals surface area contributed by atoms with Crippen molar-refractivity contribution >= 4 is 12.0 Å². The lowest BCUT2D eigenvalue weighted by atomic mass is 10.1. The van der Waals surface area contributed by atoms with Crippen molar-refractivity contribution in [2.24, 2.45) is 0 Å². The van der Waals surface area contributed by atoms with Gasteiger partial charge in [-0.05, 0) is 41.8 Å². The first-order chi connectivity index (χ1) is 9.69. The summed E-state index contributed by atoms with van der Waals surface area (Å²) in [6.45, 7) is 2.09. The van der Waals surface area contributed by atoms with Gasteiger partial charge < -0.3 is 9.84 Å². The molecule has 102 valence electrons. The molecule has 0 amide bonds. The van der Waals surface area contributed by atoms with Crippen molar-refractivity contribution in [1.82, 2.24) is 0 Å². The number of hydrogen-bond acceptors (Lipinski definition) is 2. The zero-order valence-electron chi connectivity index (χ0n) is 11.2. The highest BCUT2D eigenvalue weighted by Crippen LogP contribution is 2.25. The highest BCUT2D eigenvalue weighted by Gasteiger charge is 2.02. The Labute approximate surface area is 118 Å². The normalized spacial score (nSPS) is 10.7. The molecule has 2 rings (SSSR count). The van der Waals surface area contributed by atoms with Crippen molar-refractivity contribution in [3.05, 3.63) is 65.7 Å². The van der Waals surface area contributed by atoms with Crippen molar-refractivity contribution < 1.29 is 14.6 Å². The predicted molar refractivity (Wildman–Crippen MR) is 79.0 cm³/mol. The highest BCUT2D eigenvalue weighted by atomic mass is 16.5. The van der Waals surface area contributed by atoms with Gasteiger partial charge in [-0.3, -0.25) is 0 Å². The lowest BCUT2D eigenvalue weighted by molar-refractivity contribution is -0.131. The Morgan fingerprint density at radius 1 is 1.15 bits per heavy atom. The van der Waals surface area contributed by atoms with Crippen LogP contribution in [0.4, 0.5) is 0 Å². The van der Waals surface area contributed by atoms with Crippen LogP contribution in [0, 0.1) is 0 Å². The summed E-state index contributed by atoms with van der Waals surface area (Å²) in [6.07, 6.45) is 3.57. The molecule has 3 nitrogen and oxygen atoms in total. The summed E-state index contributed by atoms with van der Waals surface area (Å²) in [5.74, 6) is 0.629. The van der Waals surface area contributed by atoms with Crippen LogP contribution in [0.25, 0.3) is 6.08 Å². The molecule has 0 fully saturated rings. The third kappa shape index (κ3) is 3.72. The van der Waals surface area contributed by atoms with Crippen LogP contribution in [0.3, 0.4) is 0 Å². The van der Waals surface area contributed by atoms with Crippen LogP contribution in [0.2, 0.25) is 0 Å². The molecule has 0 saturated heterocycles. The van der Waals surface area contributed by atoms with Gasteiger partial charge >= 0.3 is 5.97 Å². The van der Waals surface area contributed by atoms with Gasteiger partial charge in [0.15, 0.2) is 0 Å². The first-order valence-corrected chi connectivity index (χ1v) is 6.46. The van der Waals surface area contributed by atoms with Gasteiger partial charge in [-0.2, -0.15) is 0 Å². The van der Waals surface area contributed by atoms with Crippen molar-refractivity contribution in [3.63, 3.8) is 0 Å². The monoisotopic (exact) mass is 268 g/mol. The fourth-order valence-electron chi connectivity index (χ4n) is 1.84. The van der Waals surface area contributed by atoms with Gasteiger partial charge in [-0.15, -0.1) is 0 Å². The van der Waals surface area contributed by atoms with Gasteiger partial charge in [0.05, 0.1) is 0 Å². The number of carboxylic acids is 1. The van der Waals surface area contributed by atoms with Gasteiger partial charge in [-0.25, -0.2) is 4.79 Å². The van der Waals surface area contributed by atoms with E-state index in [-0.39, 0.29) is 0 Å². The Balaban J connectivity index is 2.13. The first kappa shape index (κ1) is 13.9. The van der Waals surface area contributed by atoms with Gasteiger partial charge in [0.2, 0.25) is 0 Å². The maximum atomic E-state index is 10.4. The molecule has 0 aromatic heterocycles. The van der Waals surface area contributed by atoms with Gasteiger partial charge in [-0.1, -0.05) is 37.3 Å². The lowest BCUT2D eigenvalue weighted by Gasteiger charge is -2.09. The van der Waals surface area contributed by atoms with E-state index in [1.165, 1.54) is 0 Å². The molecule has 0 spiro atoms. The minimum absolute atomic E-state index is 0.735. The van der Waals surface area contributed by atoms with Crippen LogP contribution in [0.5, 0.6) is 11.5 Å². The second-order valence-electron chi connectivity index (χ2n) is 4.30. The number of aliphatic carboxylic acids is 1. The molecule has 0 heterocycles. The maximum absolute atomic E-state index is 10.4. The zero-order chi connectivity index (χ0) is 14.4. The Morgan fingerprint density at radius 3 is 2.50 bits per heavy atom. The van der Waals surface area contributed by atoms with Crippen molar-refractivity contribution in [3.8, 4) is 11.5 Å². The van der Waals surface area contributed by atoms with Crippen LogP contribution >= 0.6 is 0 Å². The van der Waals surface area contributed by atoms with Crippen molar-refractivity contribution in [2.45, 2.75) is 13.3 Å². The van der Waals surface area contributed by atoms with E-state index in [0.717, 1.165) is 35.1 Å². The van der Waals surface area contributed by atoms with E-state index < -0.39 is 5.97 Å². The number of hydrogen-bond donors (Lipinski definition) is 1. The average Bonchev–Trinajstić information content (AvgIpc) is 2.47. The fourth-order valence-corrected chi connectivity index (χ4v) is 1.84. The molecule has 0 bridgehead atoms. The lowest BCUT2D eigenvalue weighted by Crippen LogP contribution is -1.90. The summed E-state index contributed by atoms with van der Waals surface area (Å²) >= 11 is 0. The second kappa shape index (κ2) is 6.57. The van der Waals surface area contributed by atoms with Gasteiger partial charge in [0, 0.05) is 6.08 Å². The molecule has 20 heavy (non-hydrogen) atoms. The van der Waals surface area contributed by atoms with E-state index in [1.54, 1.807) is 6.08 Å². The molecule has 0 saturated carbocycles. The Morgan fingerprint density at radius 2 is 1.85 bits per heavy atom. The highest BCUT2D eigenvalue weighted by molar-refractivity contribution is 5.85. The first-order valence-electron chi connectivity index (χ1n) is 6.46. The second-order valence-corrected chi connectivity index (χ2v) is 4.30. The van der Waals surface area contributed by atoms with E-state index in [4.69, 9.17) is 9.84 Å². The van der Waals surface area contributed by atoms with E-state index >= 15 is 0 Å². The summed E-state index contributed by atoms with van der Waals surface area (Å²) in [5, 5.41) is 8.57. The molecule has 2 aromatic rings. The van der Waals surface area contributed by atoms with Crippen LogP contribution < -0.4 is 4.74 Å². The summed E-state index contributed by atoms with van der Waals surface area (Å²) in [4.78, 5) is 10.4. The third-order valence-corrected chi connectivity index (χ3v) is 2.88. The van der Waals surface area contributed by atoms with Crippen LogP contribution in [0.15, 0.2) is 54.6 Å². The SMILES string of the molecule is CCc1ccccc1Oc1ccc(/C=C/C(=O)O)cc1. The predicted octanol–water partition coefficient (Wildman–Crippen LogP) is 4.14. The fraction of sp³-hybridized carbons (Fsp3) is 0.118. The largest absolute Gasteiger partial charge is 0.478 e. The minimum atomic E-state index is -0.956. The number of aryl methyl sites for hydroxylation is 1. The molecule has 3 heteroatoms. The van der Waals surface area contributed by atoms with E-state index in [9.17, 15) is 4.79 Å². The average molecular weight is 268 g/mol. The molecular formula is C17H16O3. The molecular weight excluding hydrogens is 252 g/mol. The van der Waals surface area contributed by atoms with Crippen LogP contribution in [-0.2, 0) is 11.2 Å². The number of ether oxygens (including phenoxy) is 1. The molecule has 1 N–H and O–H groups in total. The standard InChI is InChI=1S/C17H16O3/c1-2-14-5-3-4-6-16(14)20-15-10-7-13(8-11-15)9-12-17(18)19/h3-12H,2H2,1H3,(H,18,19)/b12-9+. The van der Waals surface area contributed by atoms with Crippen molar-refractivity contribution in [2.75, 3.05) is 0 Å². The number of rotatable bonds is 5. The number of carboxylic acid groups (broad SMARTS) is 1. The van der Waals surface area contributed by atoms with Crippen LogP contribution in [0.1, 0.15) is 18.1 Å². The minimum Gasteiger partial charge on any atom is -0.478 e. The Bertz CT molecular complexity index is 612. The topological polar surface area (TPSA) is 46.5 Å². The summed E-state index contributed by atoms with van der Waals surface area (Å²) in [7, 11) is 0. The zero-order valence-corrected chi connectivity index (χ0v) is 11.2. The molecule has 0 radical (unpaired) electrons. The maximum Gasteiger partial charge on any atom is 0.328 e. The van der Waals surface area contributed by atoms with E-state index in [0.29, 0.717) is 0 Å². The Hall–Kier alpha value is -2.55. The van der Waals surface area contributed by atoms with E-state index in [2.05, 4.69) is 6.92 Å². The molecule has 0 unspecified atom stereocenters. The number of carbonyl (C=O) groups is 1. The summed E-state index contributed by atoms with van der Waals surface area (Å²) < 4.78 is 5.84. The number of benzene rings is 2. The summed E-state index contributed by atoms with van der Waals surface area (Å²) in [6, 6.07) is 15.2. The molecule has 0 aliphatic heterocycles. The molecule has 0 aliphatic carbocycles. The van der Waals surface area contributed by atoms with E-state index in [1.807, 2.05) is 48.5 Å². The van der Waals surface area contributed by atoms with Crippen molar-refractivity contribution in [1.29, 1.82) is 0 Å². The molecule has 0 atom stereocenters. The smallest absolute Gasteiger partial charge is 0.328 e. The third-order valence-electron chi connectivity index (χ3n) is 2.88. The quantitative estimate of drug-likeness (QED) is 0.829. The van der Waals surface area contributed by atoms with Gasteiger partial charge in [0.25, 0.3) is 0 Å². The molecule has 0 aliphatic rings.